The second kappa shape index (κ2) is 14.9. The van der Waals surface area contributed by atoms with Crippen molar-refractivity contribution in [2.75, 3.05) is 0 Å². The molecule has 0 spiro atoms. The Labute approximate surface area is 226 Å². The van der Waals surface area contributed by atoms with E-state index in [2.05, 4.69) is 0 Å². The fourth-order valence-corrected chi connectivity index (χ4v) is 3.08. The van der Waals surface area contributed by atoms with E-state index in [-0.39, 0.29) is 47.6 Å². The van der Waals surface area contributed by atoms with Crippen molar-refractivity contribution in [3.8, 4) is 11.5 Å². The minimum atomic E-state index is -1.03. The van der Waals surface area contributed by atoms with Gasteiger partial charge in [0.15, 0.2) is 11.5 Å². The molecule has 5 atom stereocenters. The predicted octanol–water partition coefficient (Wildman–Crippen LogP) is 4.76. The molecule has 1 rings (SSSR count). The fourth-order valence-electron chi connectivity index (χ4n) is 3.08. The van der Waals surface area contributed by atoms with E-state index in [1.807, 2.05) is 34.6 Å². The molecule has 0 aliphatic carbocycles. The number of hydrogen-bond donors (Lipinski definition) is 1. The zero-order valence-electron chi connectivity index (χ0n) is 24.3. The van der Waals surface area contributed by atoms with Crippen molar-refractivity contribution in [1.82, 2.24) is 0 Å². The molecule has 9 heteroatoms. The van der Waals surface area contributed by atoms with E-state index in [9.17, 15) is 19.2 Å². The predicted molar refractivity (Wildman–Crippen MR) is 143 cm³/mol. The van der Waals surface area contributed by atoms with E-state index in [4.69, 9.17) is 24.7 Å². The van der Waals surface area contributed by atoms with E-state index >= 15 is 0 Å². The lowest BCUT2D eigenvalue weighted by molar-refractivity contribution is -0.167. The van der Waals surface area contributed by atoms with E-state index in [0.717, 1.165) is 0 Å². The number of benzene rings is 1. The molecule has 1 aromatic carbocycles. The molecule has 2 unspecified atom stereocenters. The molecule has 0 fully saturated rings. The lowest BCUT2D eigenvalue weighted by atomic mass is 9.92. The first-order valence-electron chi connectivity index (χ1n) is 13.3. The van der Waals surface area contributed by atoms with Gasteiger partial charge in [0, 0.05) is 0 Å². The Morgan fingerprint density at radius 3 is 1.79 bits per heavy atom. The largest absolute Gasteiger partial charge is 0.459 e. The third-order valence-corrected chi connectivity index (χ3v) is 6.17. The molecule has 0 aliphatic heterocycles. The van der Waals surface area contributed by atoms with Gasteiger partial charge in [0.25, 0.3) is 0 Å². The summed E-state index contributed by atoms with van der Waals surface area (Å²) in [4.78, 5) is 49.5. The summed E-state index contributed by atoms with van der Waals surface area (Å²) >= 11 is 0. The normalized spacial score (nSPS) is 15.4. The monoisotopic (exact) mass is 535 g/mol. The smallest absolute Gasteiger partial charge is 0.323 e. The minimum Gasteiger partial charge on any atom is -0.459 e. The van der Waals surface area contributed by atoms with Gasteiger partial charge in [-0.25, -0.2) is 0 Å². The summed E-state index contributed by atoms with van der Waals surface area (Å²) in [5.41, 5.74) is 6.47. The van der Waals surface area contributed by atoms with Gasteiger partial charge < -0.3 is 24.7 Å². The Kier molecular flexibility index (Phi) is 12.9. The third-order valence-electron chi connectivity index (χ3n) is 6.17. The number of carbonyl (C=O) groups is 4. The van der Waals surface area contributed by atoms with Gasteiger partial charge in [-0.3, -0.25) is 19.2 Å². The molecule has 2 N–H and O–H groups in total. The van der Waals surface area contributed by atoms with Crippen LogP contribution >= 0.6 is 0 Å². The van der Waals surface area contributed by atoms with Crippen LogP contribution in [-0.4, -0.2) is 42.1 Å². The van der Waals surface area contributed by atoms with Gasteiger partial charge in [0.1, 0.15) is 18.2 Å². The maximum absolute atomic E-state index is 12.6. The fraction of sp³-hybridized carbons (Fsp3) is 0.655. The summed E-state index contributed by atoms with van der Waals surface area (Å²) in [6.45, 7) is 16.3. The van der Waals surface area contributed by atoms with Gasteiger partial charge in [-0.1, -0.05) is 54.5 Å². The van der Waals surface area contributed by atoms with Gasteiger partial charge in [0.05, 0.1) is 18.3 Å². The summed E-state index contributed by atoms with van der Waals surface area (Å²) in [5, 5.41) is 0. The zero-order chi connectivity index (χ0) is 29.2. The van der Waals surface area contributed by atoms with Crippen molar-refractivity contribution in [2.45, 2.75) is 106 Å². The highest BCUT2D eigenvalue weighted by molar-refractivity contribution is 5.79. The van der Waals surface area contributed by atoms with Crippen molar-refractivity contribution in [3.05, 3.63) is 23.8 Å². The first-order chi connectivity index (χ1) is 17.6. The van der Waals surface area contributed by atoms with Crippen LogP contribution in [0.3, 0.4) is 0 Å². The Hall–Kier alpha value is -2.94. The van der Waals surface area contributed by atoms with Crippen molar-refractivity contribution in [1.29, 1.82) is 0 Å². The Balaban J connectivity index is 2.94. The third kappa shape index (κ3) is 11.2. The number of rotatable bonds is 13. The molecular formula is C29H45NO8. The summed E-state index contributed by atoms with van der Waals surface area (Å²) in [5.74, 6) is -2.41. The Morgan fingerprint density at radius 2 is 1.29 bits per heavy atom. The molecule has 0 aromatic heterocycles. The maximum Gasteiger partial charge on any atom is 0.323 e. The van der Waals surface area contributed by atoms with E-state index in [1.165, 1.54) is 12.1 Å². The highest BCUT2D eigenvalue weighted by Crippen LogP contribution is 2.31. The highest BCUT2D eigenvalue weighted by atomic mass is 16.6. The van der Waals surface area contributed by atoms with E-state index in [1.54, 1.807) is 33.8 Å². The lowest BCUT2D eigenvalue weighted by Gasteiger charge is -2.24. The van der Waals surface area contributed by atoms with Crippen molar-refractivity contribution >= 4 is 23.9 Å². The molecule has 214 valence electrons. The Bertz CT molecular complexity index is 968. The van der Waals surface area contributed by atoms with Crippen LogP contribution in [0.15, 0.2) is 18.2 Å². The Morgan fingerprint density at radius 1 is 0.789 bits per heavy atom. The average molecular weight is 536 g/mol. The second-order valence-electron chi connectivity index (χ2n) is 11.1. The van der Waals surface area contributed by atoms with Crippen molar-refractivity contribution < 1.29 is 38.1 Å². The van der Waals surface area contributed by atoms with Gasteiger partial charge in [-0.2, -0.15) is 0 Å². The molecule has 0 saturated carbocycles. The van der Waals surface area contributed by atoms with Crippen LogP contribution in [0.1, 0.15) is 87.1 Å². The minimum absolute atomic E-state index is 0.0806. The quantitative estimate of drug-likeness (QED) is 0.280. The van der Waals surface area contributed by atoms with Gasteiger partial charge in [-0.05, 0) is 56.2 Å². The lowest BCUT2D eigenvalue weighted by Crippen LogP contribution is -2.39. The van der Waals surface area contributed by atoms with Gasteiger partial charge in [0.2, 0.25) is 0 Å². The number of esters is 4. The van der Waals surface area contributed by atoms with Gasteiger partial charge >= 0.3 is 23.9 Å². The SMILES string of the molecule is CCC(C)C(=O)Oc1ccc(C[C@H](N)C(=O)O[C@@H](C)[C@H](C)OC(=O)CC(C)(C)C)cc1OC(=O)C(C)CC. The summed E-state index contributed by atoms with van der Waals surface area (Å²) in [7, 11) is 0. The first kappa shape index (κ1) is 33.1. The molecule has 0 amide bonds. The molecule has 38 heavy (non-hydrogen) atoms. The van der Waals surface area contributed by atoms with Crippen molar-refractivity contribution in [2.24, 2.45) is 23.0 Å². The molecule has 0 radical (unpaired) electrons. The van der Waals surface area contributed by atoms with Crippen LogP contribution in [0.2, 0.25) is 0 Å². The number of carbonyl (C=O) groups excluding carboxylic acids is 4. The first-order valence-corrected chi connectivity index (χ1v) is 13.3. The average Bonchev–Trinajstić information content (AvgIpc) is 2.82. The molecule has 0 bridgehead atoms. The number of nitrogens with two attached hydrogens (primary N) is 1. The van der Waals surface area contributed by atoms with Crippen LogP contribution in [0.5, 0.6) is 11.5 Å². The number of ether oxygens (including phenoxy) is 4. The van der Waals surface area contributed by atoms with Crippen molar-refractivity contribution in [3.63, 3.8) is 0 Å². The molecule has 0 heterocycles. The van der Waals surface area contributed by atoms with Crippen LogP contribution in [0, 0.1) is 17.3 Å². The molecule has 0 aliphatic rings. The molecule has 9 nitrogen and oxygen atoms in total. The molecule has 1 aromatic rings. The van der Waals surface area contributed by atoms with E-state index in [0.29, 0.717) is 18.4 Å². The highest BCUT2D eigenvalue weighted by Gasteiger charge is 2.27. The standard InChI is InChI=1S/C29H45NO8/c1-10-17(3)26(32)37-23-13-12-21(15-24(23)38-27(33)18(4)11-2)14-22(30)28(34)36-20(6)19(5)35-25(31)16-29(7,8)9/h12-13,15,17-20,22H,10-11,14,16,30H2,1-9H3/t17?,18?,19-,20-,22-/m0/s1. The number of hydrogen-bond acceptors (Lipinski definition) is 9. The molecule has 0 saturated heterocycles. The van der Waals surface area contributed by atoms with E-state index < -0.39 is 36.2 Å². The van der Waals surface area contributed by atoms with Gasteiger partial charge in [-0.15, -0.1) is 0 Å². The summed E-state index contributed by atoms with van der Waals surface area (Å²) in [6.07, 6.45) is 0.155. The topological polar surface area (TPSA) is 131 Å². The zero-order valence-corrected chi connectivity index (χ0v) is 24.3. The molecular weight excluding hydrogens is 490 g/mol. The summed E-state index contributed by atoms with van der Waals surface area (Å²) < 4.78 is 21.8. The van der Waals surface area contributed by atoms with Crippen LogP contribution in [0.4, 0.5) is 0 Å². The summed E-state index contributed by atoms with van der Waals surface area (Å²) in [6, 6.07) is 3.67. The van der Waals surface area contributed by atoms with Crippen LogP contribution in [0.25, 0.3) is 0 Å². The second-order valence-corrected chi connectivity index (χ2v) is 11.1. The van der Waals surface area contributed by atoms with Crippen LogP contribution < -0.4 is 15.2 Å². The van der Waals surface area contributed by atoms with Crippen LogP contribution in [-0.2, 0) is 35.1 Å². The maximum atomic E-state index is 12.6.